The Morgan fingerprint density at radius 3 is 3.12 bits per heavy atom. The first-order chi connectivity index (χ1) is 8.29. The van der Waals surface area contributed by atoms with Crippen LogP contribution in [0.3, 0.4) is 0 Å². The van der Waals surface area contributed by atoms with Gasteiger partial charge in [-0.15, -0.1) is 0 Å². The highest BCUT2D eigenvalue weighted by molar-refractivity contribution is 5.97. The number of aryl methyl sites for hydroxylation is 1. The number of nitrogens with one attached hydrogen (secondary N) is 1. The van der Waals surface area contributed by atoms with E-state index >= 15 is 0 Å². The minimum atomic E-state index is 0.182. The molecule has 2 aliphatic heterocycles. The average molecular weight is 233 g/mol. The summed E-state index contributed by atoms with van der Waals surface area (Å²) in [5, 5.41) is 7.76. The topological polar surface area (TPSA) is 46.9 Å². The Kier molecular flexibility index (Phi) is 2.74. The van der Waals surface area contributed by atoms with Gasteiger partial charge >= 0.3 is 0 Å². The van der Waals surface area contributed by atoms with E-state index in [4.69, 9.17) is 0 Å². The third kappa shape index (κ3) is 1.80. The van der Waals surface area contributed by atoms with E-state index < -0.39 is 0 Å². The van der Waals surface area contributed by atoms with E-state index in [9.17, 15) is 4.79 Å². The van der Waals surface area contributed by atoms with Crippen molar-refractivity contribution in [2.75, 3.05) is 0 Å². The fraction of sp³-hybridized carbons (Fsp3) is 0.692. The normalized spacial score (nSPS) is 31.0. The van der Waals surface area contributed by atoms with Gasteiger partial charge in [0.2, 0.25) is 0 Å². The van der Waals surface area contributed by atoms with Gasteiger partial charge in [0.15, 0.2) is 5.78 Å². The molecule has 2 saturated heterocycles. The van der Waals surface area contributed by atoms with Gasteiger partial charge in [0.05, 0.1) is 0 Å². The zero-order valence-corrected chi connectivity index (χ0v) is 10.2. The molecule has 1 aromatic heterocycles. The van der Waals surface area contributed by atoms with Crippen molar-refractivity contribution in [2.24, 2.45) is 5.92 Å². The van der Waals surface area contributed by atoms with Crippen molar-refractivity contribution < 1.29 is 4.79 Å². The van der Waals surface area contributed by atoms with E-state index in [1.807, 2.05) is 10.7 Å². The van der Waals surface area contributed by atoms with Gasteiger partial charge < -0.3 is 5.32 Å². The number of carbonyl (C=O) groups excluding carboxylic acids is 1. The molecule has 17 heavy (non-hydrogen) atoms. The molecule has 1 N–H and O–H groups in total. The van der Waals surface area contributed by atoms with Gasteiger partial charge in [0.25, 0.3) is 0 Å². The van der Waals surface area contributed by atoms with Crippen molar-refractivity contribution in [1.29, 1.82) is 0 Å². The molecule has 2 fully saturated rings. The molecular weight excluding hydrogens is 214 g/mol. The summed E-state index contributed by atoms with van der Waals surface area (Å²) >= 11 is 0. The van der Waals surface area contributed by atoms with E-state index in [0.29, 0.717) is 12.1 Å². The van der Waals surface area contributed by atoms with Crippen LogP contribution in [0.4, 0.5) is 0 Å². The van der Waals surface area contributed by atoms with Crippen molar-refractivity contribution in [2.45, 2.75) is 51.2 Å². The van der Waals surface area contributed by atoms with Crippen molar-refractivity contribution >= 4 is 5.78 Å². The summed E-state index contributed by atoms with van der Waals surface area (Å²) in [6, 6.07) is 2.86. The minimum absolute atomic E-state index is 0.182. The Morgan fingerprint density at radius 1 is 1.59 bits per heavy atom. The van der Waals surface area contributed by atoms with Crippen molar-refractivity contribution in [3.63, 3.8) is 0 Å². The summed E-state index contributed by atoms with van der Waals surface area (Å²) in [5.74, 6) is 0.469. The lowest BCUT2D eigenvalue weighted by Crippen LogP contribution is -2.30. The Hall–Kier alpha value is -1.16. The van der Waals surface area contributed by atoms with Gasteiger partial charge in [-0.25, -0.2) is 0 Å². The maximum absolute atomic E-state index is 12.5. The monoisotopic (exact) mass is 233 g/mol. The Morgan fingerprint density at radius 2 is 2.47 bits per heavy atom. The molecule has 4 nitrogen and oxygen atoms in total. The van der Waals surface area contributed by atoms with E-state index in [0.717, 1.165) is 31.5 Å². The molecule has 1 aromatic rings. The van der Waals surface area contributed by atoms with Crippen molar-refractivity contribution in [3.8, 4) is 0 Å². The summed E-state index contributed by atoms with van der Waals surface area (Å²) in [6.07, 6.45) is 6.16. The van der Waals surface area contributed by atoms with Crippen molar-refractivity contribution in [1.82, 2.24) is 15.1 Å². The first kappa shape index (κ1) is 11.0. The van der Waals surface area contributed by atoms with Gasteiger partial charge in [-0.1, -0.05) is 6.92 Å². The Labute approximate surface area is 101 Å². The molecule has 0 aliphatic carbocycles. The number of rotatable bonds is 4. The van der Waals surface area contributed by atoms with Gasteiger partial charge in [0.1, 0.15) is 5.69 Å². The molecule has 92 valence electrons. The van der Waals surface area contributed by atoms with Gasteiger partial charge in [0, 0.05) is 30.7 Å². The van der Waals surface area contributed by atoms with Crippen LogP contribution in [0.15, 0.2) is 12.3 Å². The molecule has 0 saturated carbocycles. The molecule has 0 aromatic carbocycles. The minimum Gasteiger partial charge on any atom is -0.310 e. The largest absolute Gasteiger partial charge is 0.310 e. The maximum atomic E-state index is 12.5. The van der Waals surface area contributed by atoms with Gasteiger partial charge in [-0.05, 0) is 31.7 Å². The van der Waals surface area contributed by atoms with Crippen molar-refractivity contribution in [3.05, 3.63) is 18.0 Å². The van der Waals surface area contributed by atoms with Crippen LogP contribution < -0.4 is 5.32 Å². The number of Topliss-reactive ketones (excluding diaryl/α,β-unsaturated/α-hetero) is 1. The number of aromatic nitrogens is 2. The van der Waals surface area contributed by atoms with Crippen LogP contribution in [0.2, 0.25) is 0 Å². The zero-order valence-electron chi connectivity index (χ0n) is 10.2. The molecular formula is C13H19N3O. The molecule has 2 aliphatic rings. The zero-order chi connectivity index (χ0) is 11.8. The highest BCUT2D eigenvalue weighted by atomic mass is 16.1. The number of hydrogen-bond donors (Lipinski definition) is 1. The molecule has 3 heterocycles. The molecule has 0 radical (unpaired) electrons. The first-order valence-electron chi connectivity index (χ1n) is 6.61. The van der Waals surface area contributed by atoms with Crippen LogP contribution in [0, 0.1) is 5.92 Å². The standard InChI is InChI=1S/C13H19N3O/c1-2-7-16-12(5-6-14-16)13(17)10-8-9-3-4-11(10)15-9/h5-6,9-11,15H,2-4,7-8H2,1H3. The third-order valence-corrected chi connectivity index (χ3v) is 4.04. The predicted octanol–water partition coefficient (Wildman–Crippen LogP) is 1.62. The number of nitrogens with zero attached hydrogens (tertiary/aromatic N) is 2. The summed E-state index contributed by atoms with van der Waals surface area (Å²) in [4.78, 5) is 12.5. The molecule has 0 spiro atoms. The summed E-state index contributed by atoms with van der Waals surface area (Å²) in [7, 11) is 0. The molecule has 3 rings (SSSR count). The third-order valence-electron chi connectivity index (χ3n) is 4.04. The highest BCUT2D eigenvalue weighted by Crippen LogP contribution is 2.35. The molecule has 0 amide bonds. The van der Waals surface area contributed by atoms with Crippen LogP contribution in [0.5, 0.6) is 0 Å². The molecule has 3 atom stereocenters. The average Bonchev–Trinajstić information content (AvgIpc) is 3.03. The summed E-state index contributed by atoms with van der Waals surface area (Å²) in [6.45, 7) is 2.94. The van der Waals surface area contributed by atoms with E-state index in [1.165, 1.54) is 6.42 Å². The Bertz CT molecular complexity index is 426. The van der Waals surface area contributed by atoms with Crippen LogP contribution >= 0.6 is 0 Å². The lowest BCUT2D eigenvalue weighted by Gasteiger charge is -2.19. The van der Waals surface area contributed by atoms with E-state index in [2.05, 4.69) is 17.3 Å². The number of hydrogen-bond acceptors (Lipinski definition) is 3. The highest BCUT2D eigenvalue weighted by Gasteiger charge is 2.43. The maximum Gasteiger partial charge on any atom is 0.185 e. The SMILES string of the molecule is CCCn1nccc1C(=O)C1CC2CCC1N2. The van der Waals surface area contributed by atoms with Gasteiger partial charge in [-0.3, -0.25) is 9.48 Å². The smallest absolute Gasteiger partial charge is 0.185 e. The van der Waals surface area contributed by atoms with Crippen LogP contribution in [-0.4, -0.2) is 27.6 Å². The Balaban J connectivity index is 1.79. The second kappa shape index (κ2) is 4.26. The molecule has 2 bridgehead atoms. The number of ketones is 1. The fourth-order valence-electron chi connectivity index (χ4n) is 3.24. The number of fused-ring (bicyclic) bond motifs is 2. The van der Waals surface area contributed by atoms with Crippen LogP contribution in [0.25, 0.3) is 0 Å². The van der Waals surface area contributed by atoms with Crippen LogP contribution in [-0.2, 0) is 6.54 Å². The van der Waals surface area contributed by atoms with E-state index in [-0.39, 0.29) is 11.7 Å². The molecule has 4 heteroatoms. The first-order valence-corrected chi connectivity index (χ1v) is 6.61. The quantitative estimate of drug-likeness (QED) is 0.804. The second-order valence-corrected chi connectivity index (χ2v) is 5.19. The molecule has 3 unspecified atom stereocenters. The van der Waals surface area contributed by atoms with Gasteiger partial charge in [-0.2, -0.15) is 5.10 Å². The lowest BCUT2D eigenvalue weighted by molar-refractivity contribution is 0.0889. The second-order valence-electron chi connectivity index (χ2n) is 5.19. The predicted molar refractivity (Wildman–Crippen MR) is 64.9 cm³/mol. The summed E-state index contributed by atoms with van der Waals surface area (Å²) in [5.41, 5.74) is 0.797. The number of carbonyl (C=O) groups is 1. The summed E-state index contributed by atoms with van der Waals surface area (Å²) < 4.78 is 1.86. The fourth-order valence-corrected chi connectivity index (χ4v) is 3.24. The van der Waals surface area contributed by atoms with Crippen LogP contribution in [0.1, 0.15) is 43.1 Å². The van der Waals surface area contributed by atoms with E-state index in [1.54, 1.807) is 6.20 Å². The lowest BCUT2D eigenvalue weighted by atomic mass is 9.85.